The number of hydrogen-bond acceptors (Lipinski definition) is 6. The molecule has 0 spiro atoms. The normalized spacial score (nSPS) is 16.2. The van der Waals surface area contributed by atoms with Crippen LogP contribution in [-0.2, 0) is 21.1 Å². The largest absolute Gasteiger partial charge is 0.379 e. The predicted molar refractivity (Wildman–Crippen MR) is 97.6 cm³/mol. The second-order valence-corrected chi connectivity index (χ2v) is 8.40. The predicted octanol–water partition coefficient (Wildman–Crippen LogP) is 1.63. The fourth-order valence-electron chi connectivity index (χ4n) is 3.15. The van der Waals surface area contributed by atoms with Gasteiger partial charge in [0.05, 0.1) is 29.5 Å². The van der Waals surface area contributed by atoms with Crippen LogP contribution in [0.2, 0.25) is 0 Å². The van der Waals surface area contributed by atoms with E-state index in [4.69, 9.17) is 4.74 Å². The fourth-order valence-corrected chi connectivity index (χ4v) is 3.78. The molecule has 1 aliphatic heterocycles. The first-order chi connectivity index (χ1) is 12.5. The highest BCUT2D eigenvalue weighted by atomic mass is 32.2. The third kappa shape index (κ3) is 3.35. The van der Waals surface area contributed by atoms with Crippen molar-refractivity contribution in [3.8, 4) is 11.3 Å². The molecule has 1 aromatic carbocycles. The molecule has 26 heavy (non-hydrogen) atoms. The number of ether oxygens (including phenoxy) is 1. The number of rotatable bonds is 4. The summed E-state index contributed by atoms with van der Waals surface area (Å²) in [7, 11) is -3.22. The number of aromatic nitrogens is 3. The molecule has 7 nitrogen and oxygen atoms in total. The van der Waals surface area contributed by atoms with E-state index in [1.807, 2.05) is 16.7 Å². The molecule has 0 N–H and O–H groups in total. The average Bonchev–Trinajstić information content (AvgIpc) is 3.01. The van der Waals surface area contributed by atoms with E-state index in [1.54, 1.807) is 30.5 Å². The molecule has 0 radical (unpaired) electrons. The third-order valence-corrected chi connectivity index (χ3v) is 5.66. The van der Waals surface area contributed by atoms with Gasteiger partial charge in [-0.05, 0) is 18.2 Å². The number of morpholine rings is 1. The van der Waals surface area contributed by atoms with Crippen LogP contribution in [0.4, 0.5) is 0 Å². The summed E-state index contributed by atoms with van der Waals surface area (Å²) in [4.78, 5) is 11.7. The number of imidazole rings is 1. The van der Waals surface area contributed by atoms with E-state index in [9.17, 15) is 8.42 Å². The van der Waals surface area contributed by atoms with Gasteiger partial charge >= 0.3 is 0 Å². The summed E-state index contributed by atoms with van der Waals surface area (Å²) in [6.07, 6.45) is 4.89. The van der Waals surface area contributed by atoms with Crippen LogP contribution in [0.1, 0.15) is 5.69 Å². The second-order valence-electron chi connectivity index (χ2n) is 6.38. The van der Waals surface area contributed by atoms with Crippen molar-refractivity contribution >= 4 is 15.6 Å². The highest BCUT2D eigenvalue weighted by molar-refractivity contribution is 7.90. The number of nitrogens with zero attached hydrogens (tertiary/aromatic N) is 4. The Labute approximate surface area is 152 Å². The topological polar surface area (TPSA) is 76.8 Å². The molecule has 0 bridgehead atoms. The minimum atomic E-state index is -3.22. The van der Waals surface area contributed by atoms with Gasteiger partial charge in [0.25, 0.3) is 0 Å². The lowest BCUT2D eigenvalue weighted by Gasteiger charge is -2.26. The Morgan fingerprint density at radius 1 is 1.15 bits per heavy atom. The molecule has 0 saturated carbocycles. The maximum Gasteiger partial charge on any atom is 0.234 e. The van der Waals surface area contributed by atoms with Crippen molar-refractivity contribution in [2.75, 3.05) is 32.6 Å². The Morgan fingerprint density at radius 3 is 2.58 bits per heavy atom. The maximum absolute atomic E-state index is 11.7. The lowest BCUT2D eigenvalue weighted by atomic mass is 10.1. The first-order valence-corrected chi connectivity index (χ1v) is 10.3. The summed E-state index contributed by atoms with van der Waals surface area (Å²) in [5, 5.41) is 0. The van der Waals surface area contributed by atoms with Crippen LogP contribution in [0.15, 0.2) is 47.6 Å². The monoisotopic (exact) mass is 372 g/mol. The summed E-state index contributed by atoms with van der Waals surface area (Å²) < 4.78 is 30.8. The summed E-state index contributed by atoms with van der Waals surface area (Å²) in [6.45, 7) is 3.94. The Kier molecular flexibility index (Phi) is 4.47. The van der Waals surface area contributed by atoms with Gasteiger partial charge < -0.3 is 4.74 Å². The van der Waals surface area contributed by atoms with Crippen molar-refractivity contribution in [2.24, 2.45) is 0 Å². The minimum Gasteiger partial charge on any atom is -0.379 e. The van der Waals surface area contributed by atoms with Crippen molar-refractivity contribution < 1.29 is 13.2 Å². The van der Waals surface area contributed by atoms with Gasteiger partial charge in [0.1, 0.15) is 0 Å². The Bertz CT molecular complexity index is 1020. The van der Waals surface area contributed by atoms with Gasteiger partial charge in [0, 0.05) is 43.8 Å². The van der Waals surface area contributed by atoms with Gasteiger partial charge in [-0.25, -0.2) is 18.4 Å². The Morgan fingerprint density at radius 2 is 1.88 bits per heavy atom. The molecule has 3 heterocycles. The molecule has 3 aromatic rings. The molecule has 8 heteroatoms. The van der Waals surface area contributed by atoms with Gasteiger partial charge in [-0.15, -0.1) is 0 Å². The van der Waals surface area contributed by atoms with Gasteiger partial charge in [-0.3, -0.25) is 9.30 Å². The first kappa shape index (κ1) is 17.1. The third-order valence-electron chi connectivity index (χ3n) is 4.54. The van der Waals surface area contributed by atoms with E-state index in [-0.39, 0.29) is 0 Å². The Balaban J connectivity index is 1.77. The van der Waals surface area contributed by atoms with E-state index in [0.717, 1.165) is 49.8 Å². The molecule has 0 unspecified atom stereocenters. The van der Waals surface area contributed by atoms with Crippen molar-refractivity contribution in [2.45, 2.75) is 11.4 Å². The molecule has 0 aliphatic carbocycles. The van der Waals surface area contributed by atoms with Crippen LogP contribution in [0.3, 0.4) is 0 Å². The van der Waals surface area contributed by atoms with E-state index in [1.165, 1.54) is 6.26 Å². The number of fused-ring (bicyclic) bond motifs is 1. The molecule has 1 aliphatic rings. The maximum atomic E-state index is 11.7. The van der Waals surface area contributed by atoms with Crippen LogP contribution >= 0.6 is 0 Å². The van der Waals surface area contributed by atoms with Crippen LogP contribution in [0.25, 0.3) is 17.0 Å². The molecular formula is C18H20N4O3S. The molecular weight excluding hydrogens is 352 g/mol. The molecule has 1 saturated heterocycles. The second kappa shape index (κ2) is 6.79. The van der Waals surface area contributed by atoms with Crippen molar-refractivity contribution in [1.29, 1.82) is 0 Å². The van der Waals surface area contributed by atoms with Gasteiger partial charge in [0.2, 0.25) is 5.78 Å². The van der Waals surface area contributed by atoms with E-state index in [2.05, 4.69) is 14.9 Å². The lowest BCUT2D eigenvalue weighted by molar-refractivity contribution is 0.0336. The molecule has 1 fully saturated rings. The lowest BCUT2D eigenvalue weighted by Crippen LogP contribution is -2.36. The number of hydrogen-bond donors (Lipinski definition) is 0. The van der Waals surface area contributed by atoms with Gasteiger partial charge in [-0.1, -0.05) is 12.1 Å². The van der Waals surface area contributed by atoms with Crippen molar-refractivity contribution in [3.05, 3.63) is 48.4 Å². The van der Waals surface area contributed by atoms with E-state index < -0.39 is 9.84 Å². The molecule has 136 valence electrons. The highest BCUT2D eigenvalue weighted by Crippen LogP contribution is 2.26. The smallest absolute Gasteiger partial charge is 0.234 e. The fraction of sp³-hybridized carbons (Fsp3) is 0.333. The van der Waals surface area contributed by atoms with E-state index >= 15 is 0 Å². The standard InChI is InChI=1S/C18H20N4O3S/c1-26(23,24)15-5-3-14(4-6-15)17-16(13-21-9-11-25-12-10-21)22-8-2-7-19-18(22)20-17/h2-8H,9-13H2,1H3. The summed E-state index contributed by atoms with van der Waals surface area (Å²) >= 11 is 0. The van der Waals surface area contributed by atoms with Crippen LogP contribution < -0.4 is 0 Å². The zero-order valence-corrected chi connectivity index (χ0v) is 15.3. The van der Waals surface area contributed by atoms with Gasteiger partial charge in [0.15, 0.2) is 9.84 Å². The van der Waals surface area contributed by atoms with Crippen LogP contribution in [0.5, 0.6) is 0 Å². The number of benzene rings is 1. The summed E-state index contributed by atoms with van der Waals surface area (Å²) in [5.41, 5.74) is 2.75. The zero-order chi connectivity index (χ0) is 18.1. The summed E-state index contributed by atoms with van der Waals surface area (Å²) in [5.74, 6) is 0.637. The van der Waals surface area contributed by atoms with Crippen LogP contribution in [0, 0.1) is 0 Å². The molecule has 2 aromatic heterocycles. The quantitative estimate of drug-likeness (QED) is 0.693. The Hall–Kier alpha value is -2.29. The molecule has 0 amide bonds. The average molecular weight is 372 g/mol. The van der Waals surface area contributed by atoms with E-state index in [0.29, 0.717) is 10.7 Å². The zero-order valence-electron chi connectivity index (χ0n) is 14.5. The van der Waals surface area contributed by atoms with Crippen molar-refractivity contribution in [1.82, 2.24) is 19.3 Å². The van der Waals surface area contributed by atoms with Gasteiger partial charge in [-0.2, -0.15) is 0 Å². The number of sulfone groups is 1. The van der Waals surface area contributed by atoms with Crippen molar-refractivity contribution in [3.63, 3.8) is 0 Å². The first-order valence-electron chi connectivity index (χ1n) is 8.45. The summed E-state index contributed by atoms with van der Waals surface area (Å²) in [6, 6.07) is 8.75. The SMILES string of the molecule is CS(=O)(=O)c1ccc(-c2nc3ncccn3c2CN2CCOCC2)cc1. The molecule has 0 atom stereocenters. The highest BCUT2D eigenvalue weighted by Gasteiger charge is 2.19. The molecule has 4 rings (SSSR count). The van der Waals surface area contributed by atoms with Crippen LogP contribution in [-0.4, -0.2) is 60.2 Å². The minimum absolute atomic E-state index is 0.304.